The van der Waals surface area contributed by atoms with Crippen LogP contribution in [0.15, 0.2) is 0 Å². The molecule has 0 bridgehead atoms. The van der Waals surface area contributed by atoms with E-state index in [2.05, 4.69) is 45.4 Å². The summed E-state index contributed by atoms with van der Waals surface area (Å²) in [4.78, 5) is 0. The minimum absolute atomic E-state index is 0.837. The van der Waals surface area contributed by atoms with E-state index >= 15 is 0 Å². The number of hydrogen-bond acceptors (Lipinski definition) is 0. The molecule has 3 atom stereocenters. The molecule has 14 heavy (non-hydrogen) atoms. The number of hydrogen-bond donors (Lipinski definition) is 0. The molecule has 0 N–H and O–H groups in total. The first-order valence-corrected chi connectivity index (χ1v) is 6.17. The third-order valence-corrected chi connectivity index (χ3v) is 4.06. The Morgan fingerprint density at radius 3 is 2.21 bits per heavy atom. The van der Waals surface area contributed by atoms with Crippen molar-refractivity contribution >= 4 is 6.21 Å². The molecule has 0 saturated heterocycles. The van der Waals surface area contributed by atoms with E-state index in [1.165, 1.54) is 19.4 Å². The summed E-state index contributed by atoms with van der Waals surface area (Å²) in [6.07, 6.45) is 4.94. The van der Waals surface area contributed by atoms with Crippen molar-refractivity contribution in [3.8, 4) is 0 Å². The molecule has 0 aromatic carbocycles. The summed E-state index contributed by atoms with van der Waals surface area (Å²) in [5.74, 6) is 2.69. The average Bonchev–Trinajstić information content (AvgIpc) is 2.77. The lowest BCUT2D eigenvalue weighted by Gasteiger charge is -2.07. The normalized spacial score (nSPS) is 34.4. The summed E-state index contributed by atoms with van der Waals surface area (Å²) in [5, 5.41) is 0. The third-order valence-electron chi connectivity index (χ3n) is 4.06. The summed E-state index contributed by atoms with van der Waals surface area (Å²) in [6, 6.07) is 0.837. The predicted molar refractivity (Wildman–Crippen MR) is 63.1 cm³/mol. The van der Waals surface area contributed by atoms with Gasteiger partial charge in [-0.25, -0.2) is 4.58 Å². The monoisotopic (exact) mass is 196 g/mol. The lowest BCUT2D eigenvalue weighted by Crippen LogP contribution is -2.20. The van der Waals surface area contributed by atoms with E-state index in [0.717, 1.165) is 23.8 Å². The summed E-state index contributed by atoms with van der Waals surface area (Å²) < 4.78 is 2.56. The molecule has 3 unspecified atom stereocenters. The van der Waals surface area contributed by atoms with E-state index in [-0.39, 0.29) is 0 Å². The van der Waals surface area contributed by atoms with Gasteiger partial charge < -0.3 is 0 Å². The third kappa shape index (κ3) is 2.59. The van der Waals surface area contributed by atoms with Crippen molar-refractivity contribution in [2.45, 2.75) is 53.5 Å². The second-order valence-electron chi connectivity index (χ2n) is 5.01. The minimum Gasteiger partial charge on any atom is -0.237 e. The van der Waals surface area contributed by atoms with E-state index < -0.39 is 0 Å². The van der Waals surface area contributed by atoms with Crippen LogP contribution >= 0.6 is 0 Å². The van der Waals surface area contributed by atoms with E-state index in [0.29, 0.717) is 0 Å². The molecule has 0 spiro atoms. The molecular formula is C13H26N+. The van der Waals surface area contributed by atoms with Crippen molar-refractivity contribution < 1.29 is 4.58 Å². The van der Waals surface area contributed by atoms with Crippen LogP contribution in [-0.4, -0.2) is 23.4 Å². The fraction of sp³-hybridized carbons (Fsp3) is 0.923. The van der Waals surface area contributed by atoms with Gasteiger partial charge in [0.1, 0.15) is 12.8 Å². The zero-order valence-corrected chi connectivity index (χ0v) is 10.5. The van der Waals surface area contributed by atoms with Gasteiger partial charge in [-0.3, -0.25) is 0 Å². The number of nitrogens with zero attached hydrogens (tertiary/aromatic N) is 1. The lowest BCUT2D eigenvalue weighted by atomic mass is 10.1. The van der Waals surface area contributed by atoms with Gasteiger partial charge in [0.25, 0.3) is 0 Å². The fourth-order valence-electron chi connectivity index (χ4n) is 2.26. The standard InChI is InChI=1S/C13H26N/c1-6-10(3)8-9-14(7-2)13-11(4)12(13)5/h7,10-13H,6,8-9H2,1-5H3/q+1. The van der Waals surface area contributed by atoms with Gasteiger partial charge in [0.15, 0.2) is 6.04 Å². The molecule has 82 valence electrons. The van der Waals surface area contributed by atoms with Crippen molar-refractivity contribution in [2.24, 2.45) is 17.8 Å². The van der Waals surface area contributed by atoms with Gasteiger partial charge in [-0.05, 0) is 5.92 Å². The first-order chi connectivity index (χ1) is 6.61. The van der Waals surface area contributed by atoms with E-state index in [9.17, 15) is 0 Å². The summed E-state index contributed by atoms with van der Waals surface area (Å²) in [7, 11) is 0. The Labute approximate surface area is 89.2 Å². The molecule has 0 radical (unpaired) electrons. The Kier molecular flexibility index (Phi) is 4.15. The molecule has 1 aliphatic carbocycles. The van der Waals surface area contributed by atoms with Gasteiger partial charge in [0.05, 0.1) is 0 Å². The van der Waals surface area contributed by atoms with Crippen LogP contribution in [0.1, 0.15) is 47.5 Å². The lowest BCUT2D eigenvalue weighted by molar-refractivity contribution is -0.544. The van der Waals surface area contributed by atoms with Gasteiger partial charge in [0.2, 0.25) is 0 Å². The van der Waals surface area contributed by atoms with Gasteiger partial charge >= 0.3 is 0 Å². The maximum absolute atomic E-state index is 2.56. The molecule has 0 aliphatic heterocycles. The summed E-state index contributed by atoms with van der Waals surface area (Å²) in [6.45, 7) is 12.8. The highest BCUT2D eigenvalue weighted by atomic mass is 15.1. The second kappa shape index (κ2) is 4.95. The maximum atomic E-state index is 2.56. The van der Waals surface area contributed by atoms with Crippen molar-refractivity contribution in [1.29, 1.82) is 0 Å². The molecule has 1 fully saturated rings. The zero-order valence-electron chi connectivity index (χ0n) is 10.5. The van der Waals surface area contributed by atoms with Crippen molar-refractivity contribution in [2.75, 3.05) is 6.54 Å². The Morgan fingerprint density at radius 1 is 1.29 bits per heavy atom. The average molecular weight is 196 g/mol. The molecular weight excluding hydrogens is 170 g/mol. The van der Waals surface area contributed by atoms with Crippen LogP contribution in [0.25, 0.3) is 0 Å². The van der Waals surface area contributed by atoms with Crippen LogP contribution in [0.3, 0.4) is 0 Å². The highest BCUT2D eigenvalue weighted by Crippen LogP contribution is 2.40. The van der Waals surface area contributed by atoms with Crippen LogP contribution in [0.4, 0.5) is 0 Å². The fourth-order valence-corrected chi connectivity index (χ4v) is 2.26. The minimum atomic E-state index is 0.837. The van der Waals surface area contributed by atoms with Gasteiger partial charge in [-0.2, -0.15) is 0 Å². The largest absolute Gasteiger partial charge is 0.237 e. The Morgan fingerprint density at radius 2 is 1.86 bits per heavy atom. The van der Waals surface area contributed by atoms with Crippen molar-refractivity contribution in [1.82, 2.24) is 0 Å². The van der Waals surface area contributed by atoms with Gasteiger partial charge in [-0.15, -0.1) is 0 Å². The zero-order chi connectivity index (χ0) is 10.7. The molecule has 1 heteroatoms. The molecule has 0 amide bonds. The first kappa shape index (κ1) is 11.7. The van der Waals surface area contributed by atoms with Gasteiger partial charge in [-0.1, -0.05) is 34.1 Å². The highest BCUT2D eigenvalue weighted by molar-refractivity contribution is 5.47. The Hall–Kier alpha value is -0.330. The molecule has 0 aromatic rings. The molecule has 0 aromatic heterocycles. The Bertz CT molecular complexity index is 199. The predicted octanol–water partition coefficient (Wildman–Crippen LogP) is 3.18. The molecule has 1 saturated carbocycles. The van der Waals surface area contributed by atoms with E-state index in [4.69, 9.17) is 0 Å². The smallest absolute Gasteiger partial charge is 0.158 e. The van der Waals surface area contributed by atoms with Crippen LogP contribution in [0.2, 0.25) is 0 Å². The summed E-state index contributed by atoms with van der Waals surface area (Å²) in [5.41, 5.74) is 0. The quantitative estimate of drug-likeness (QED) is 0.469. The highest BCUT2D eigenvalue weighted by Gasteiger charge is 2.51. The first-order valence-electron chi connectivity index (χ1n) is 6.17. The molecule has 1 aliphatic rings. The summed E-state index contributed by atoms with van der Waals surface area (Å²) >= 11 is 0. The van der Waals surface area contributed by atoms with Crippen LogP contribution in [-0.2, 0) is 0 Å². The molecule has 1 rings (SSSR count). The van der Waals surface area contributed by atoms with Crippen molar-refractivity contribution in [3.63, 3.8) is 0 Å². The number of rotatable bonds is 5. The van der Waals surface area contributed by atoms with E-state index in [1.807, 2.05) is 0 Å². The topological polar surface area (TPSA) is 3.01 Å². The van der Waals surface area contributed by atoms with Crippen LogP contribution < -0.4 is 0 Å². The van der Waals surface area contributed by atoms with Crippen LogP contribution in [0.5, 0.6) is 0 Å². The van der Waals surface area contributed by atoms with E-state index in [1.54, 1.807) is 0 Å². The van der Waals surface area contributed by atoms with Crippen LogP contribution in [0, 0.1) is 17.8 Å². The molecule has 1 nitrogen and oxygen atoms in total. The maximum Gasteiger partial charge on any atom is 0.158 e. The second-order valence-corrected chi connectivity index (χ2v) is 5.01. The molecule has 0 heterocycles. The van der Waals surface area contributed by atoms with Crippen molar-refractivity contribution in [3.05, 3.63) is 0 Å². The Balaban J connectivity index is 2.35. The van der Waals surface area contributed by atoms with Gasteiger partial charge in [0, 0.05) is 25.2 Å². The SMILES string of the molecule is CC=[N+](CCC(C)CC)C1C(C)C1C.